The van der Waals surface area contributed by atoms with Crippen molar-refractivity contribution in [3.63, 3.8) is 0 Å². The Kier molecular flexibility index (Phi) is 7.78. The van der Waals surface area contributed by atoms with Gasteiger partial charge in [0.05, 0.1) is 0 Å². The first-order valence-electron chi connectivity index (χ1n) is 1.75. The monoisotopic (exact) mass is 163 g/mol. The quantitative estimate of drug-likeness (QED) is 0.259. The van der Waals surface area contributed by atoms with E-state index in [1.807, 2.05) is 0 Å². The fourth-order valence-electron chi connectivity index (χ4n) is 0.131. The minimum absolute atomic E-state index is 0. The average molecular weight is 163 g/mol. The number of rotatable bonds is 3. The van der Waals surface area contributed by atoms with Gasteiger partial charge in [-0.25, -0.2) is 13.1 Å². The van der Waals surface area contributed by atoms with Gasteiger partial charge in [-0.3, -0.25) is 0 Å². The van der Waals surface area contributed by atoms with Gasteiger partial charge in [-0.15, -0.1) is 0 Å². The number of methoxy groups -OCH3 is 1. The van der Waals surface area contributed by atoms with E-state index in [-0.39, 0.29) is 36.3 Å². The maximum absolute atomic E-state index is 9.64. The van der Waals surface area contributed by atoms with Gasteiger partial charge in [-0.2, -0.15) is 0 Å². The molecule has 50 valence electrons. The van der Waals surface area contributed by atoms with Crippen LogP contribution >= 0.6 is 0 Å². The van der Waals surface area contributed by atoms with Crippen molar-refractivity contribution in [2.24, 2.45) is 0 Å². The molecule has 7 heteroatoms. The van der Waals surface area contributed by atoms with E-state index in [2.05, 4.69) is 4.74 Å². The van der Waals surface area contributed by atoms with Gasteiger partial charge in [-0.1, -0.05) is 0 Å². The minimum Gasteiger partial charge on any atom is -0.735 e. The molecule has 0 aliphatic rings. The minimum atomic E-state index is -4.31. The van der Waals surface area contributed by atoms with Crippen molar-refractivity contribution in [1.29, 1.82) is 0 Å². The Labute approximate surface area is 75.9 Å². The van der Waals surface area contributed by atoms with Crippen LogP contribution in [0.5, 0.6) is 0 Å². The predicted molar refractivity (Wildman–Crippen MR) is 24.7 cm³/mol. The van der Waals surface area contributed by atoms with Crippen molar-refractivity contribution in [2.75, 3.05) is 13.8 Å². The molecular formula is C2H6NNaO4S. The van der Waals surface area contributed by atoms with Crippen LogP contribution in [-0.2, 0) is 15.0 Å². The fourth-order valence-corrected chi connectivity index (χ4v) is 0.393. The molecule has 0 amide bonds. The number of hydrogen-bond donors (Lipinski definition) is 1. The van der Waals surface area contributed by atoms with Crippen molar-refractivity contribution < 1.29 is 47.3 Å². The second-order valence-electron chi connectivity index (χ2n) is 1.03. The predicted octanol–water partition coefficient (Wildman–Crippen LogP) is -4.36. The van der Waals surface area contributed by atoms with Gasteiger partial charge < -0.3 is 9.29 Å². The van der Waals surface area contributed by atoms with Crippen LogP contribution in [0.1, 0.15) is 0 Å². The molecule has 0 spiro atoms. The molecule has 5 nitrogen and oxygen atoms in total. The molecule has 0 saturated heterocycles. The first-order valence-corrected chi connectivity index (χ1v) is 3.16. The zero-order valence-corrected chi connectivity index (χ0v) is 8.06. The van der Waals surface area contributed by atoms with E-state index in [9.17, 15) is 13.0 Å². The Morgan fingerprint density at radius 1 is 1.67 bits per heavy atom. The van der Waals surface area contributed by atoms with Crippen LogP contribution in [0.4, 0.5) is 0 Å². The Bertz CT molecular complexity index is 143. The van der Waals surface area contributed by atoms with Crippen molar-refractivity contribution in [3.8, 4) is 0 Å². The number of ether oxygens (including phenoxy) is 1. The second kappa shape index (κ2) is 5.60. The molecule has 0 aliphatic heterocycles. The maximum Gasteiger partial charge on any atom is 1.00 e. The Morgan fingerprint density at radius 3 is 2.22 bits per heavy atom. The molecule has 1 N–H and O–H groups in total. The van der Waals surface area contributed by atoms with Crippen LogP contribution in [0.3, 0.4) is 0 Å². The van der Waals surface area contributed by atoms with E-state index < -0.39 is 10.3 Å². The van der Waals surface area contributed by atoms with E-state index in [1.54, 1.807) is 4.72 Å². The smallest absolute Gasteiger partial charge is 0.735 e. The molecule has 0 radical (unpaired) electrons. The first-order chi connectivity index (χ1) is 3.56. The maximum atomic E-state index is 9.64. The zero-order valence-electron chi connectivity index (χ0n) is 5.25. The summed E-state index contributed by atoms with van der Waals surface area (Å²) in [5, 5.41) is 0. The SMILES string of the molecule is COCNS(=O)(=O)[O-].[Na+]. The number of nitrogens with one attached hydrogen (secondary N) is 1. The molecule has 9 heavy (non-hydrogen) atoms. The topological polar surface area (TPSA) is 78.5 Å². The van der Waals surface area contributed by atoms with Gasteiger partial charge in [0, 0.05) is 7.11 Å². The third-order valence-corrected chi connectivity index (χ3v) is 0.851. The normalized spacial score (nSPS) is 10.4. The molecule has 0 bridgehead atoms. The van der Waals surface area contributed by atoms with Crippen LogP contribution < -0.4 is 34.3 Å². The molecule has 0 aromatic rings. The van der Waals surface area contributed by atoms with E-state index in [1.165, 1.54) is 7.11 Å². The molecule has 0 rings (SSSR count). The van der Waals surface area contributed by atoms with Gasteiger partial charge in [0.25, 0.3) is 0 Å². The van der Waals surface area contributed by atoms with Crippen molar-refractivity contribution in [3.05, 3.63) is 0 Å². The fraction of sp³-hybridized carbons (Fsp3) is 1.00. The van der Waals surface area contributed by atoms with E-state index in [0.717, 1.165) is 0 Å². The third-order valence-electron chi connectivity index (χ3n) is 0.380. The molecular weight excluding hydrogens is 157 g/mol. The largest absolute Gasteiger partial charge is 1.00 e. The molecule has 0 saturated carbocycles. The summed E-state index contributed by atoms with van der Waals surface area (Å²) in [4.78, 5) is 0. The summed E-state index contributed by atoms with van der Waals surface area (Å²) < 4.78 is 34.7. The molecule has 0 unspecified atom stereocenters. The van der Waals surface area contributed by atoms with Gasteiger partial charge in [-0.05, 0) is 0 Å². The second-order valence-corrected chi connectivity index (χ2v) is 2.23. The zero-order chi connectivity index (χ0) is 6.62. The van der Waals surface area contributed by atoms with Crippen molar-refractivity contribution in [2.45, 2.75) is 0 Å². The molecule has 0 aromatic heterocycles. The van der Waals surface area contributed by atoms with E-state index >= 15 is 0 Å². The average Bonchev–Trinajstić information content (AvgIpc) is 1.59. The molecule has 0 atom stereocenters. The summed E-state index contributed by atoms with van der Waals surface area (Å²) in [5.74, 6) is 0. The van der Waals surface area contributed by atoms with Crippen LogP contribution in [0.2, 0.25) is 0 Å². The summed E-state index contributed by atoms with van der Waals surface area (Å²) >= 11 is 0. The summed E-state index contributed by atoms with van der Waals surface area (Å²) in [7, 11) is -3.04. The number of hydrogen-bond acceptors (Lipinski definition) is 4. The van der Waals surface area contributed by atoms with E-state index in [0.29, 0.717) is 0 Å². The Balaban J connectivity index is 0. The van der Waals surface area contributed by atoms with Gasteiger partial charge in [0.15, 0.2) is 10.3 Å². The molecule has 0 fully saturated rings. The molecule has 0 aliphatic carbocycles. The first kappa shape index (κ1) is 12.5. The van der Waals surface area contributed by atoms with Gasteiger partial charge in [0.1, 0.15) is 6.73 Å². The van der Waals surface area contributed by atoms with Crippen LogP contribution in [0.25, 0.3) is 0 Å². The van der Waals surface area contributed by atoms with E-state index in [4.69, 9.17) is 0 Å². The summed E-state index contributed by atoms with van der Waals surface area (Å²) in [6.07, 6.45) is 0. The third kappa shape index (κ3) is 12.1. The molecule has 0 heterocycles. The summed E-state index contributed by atoms with van der Waals surface area (Å²) in [6.45, 7) is -0.272. The summed E-state index contributed by atoms with van der Waals surface area (Å²) in [5.41, 5.74) is 0. The van der Waals surface area contributed by atoms with Gasteiger partial charge >= 0.3 is 29.6 Å². The van der Waals surface area contributed by atoms with Crippen LogP contribution in [0.15, 0.2) is 0 Å². The summed E-state index contributed by atoms with van der Waals surface area (Å²) in [6, 6.07) is 0. The van der Waals surface area contributed by atoms with Crippen LogP contribution in [0, 0.1) is 0 Å². The van der Waals surface area contributed by atoms with Gasteiger partial charge in [0.2, 0.25) is 0 Å². The Hall–Kier alpha value is 0.830. The van der Waals surface area contributed by atoms with Crippen molar-refractivity contribution in [1.82, 2.24) is 4.72 Å². The van der Waals surface area contributed by atoms with Crippen molar-refractivity contribution >= 4 is 10.3 Å². The van der Waals surface area contributed by atoms with Crippen LogP contribution in [-0.4, -0.2) is 26.8 Å². The Morgan fingerprint density at radius 2 is 2.11 bits per heavy atom. The molecule has 0 aromatic carbocycles. The standard InChI is InChI=1S/C2H7NO4S.Na/c1-7-2-3-8(4,5)6;/h3H,2H2,1H3,(H,4,5,6);/q;+1/p-1.